The van der Waals surface area contributed by atoms with Gasteiger partial charge in [0.15, 0.2) is 11.5 Å². The number of aromatic hydroxyl groups is 4. The van der Waals surface area contributed by atoms with Gasteiger partial charge in [-0.3, -0.25) is 0 Å². The van der Waals surface area contributed by atoms with Crippen molar-refractivity contribution < 1.29 is 30.3 Å². The summed E-state index contributed by atoms with van der Waals surface area (Å²) in [6, 6.07) is 3.55. The summed E-state index contributed by atoms with van der Waals surface area (Å²) in [5.41, 5.74) is -0.578. The number of aromatic carboxylic acids is 1. The van der Waals surface area contributed by atoms with Crippen LogP contribution >= 0.6 is 0 Å². The summed E-state index contributed by atoms with van der Waals surface area (Å²) < 4.78 is 0. The quantitative estimate of drug-likeness (QED) is 0.477. The molecule has 2 aromatic carbocycles. The maximum atomic E-state index is 11.0. The number of phenolic OH excluding ortho intramolecular Hbond substituents is 3. The molecule has 0 atom stereocenters. The second kappa shape index (κ2) is 3.44. The molecule has 0 aliphatic heterocycles. The Kier molecular flexibility index (Phi) is 2.20. The van der Waals surface area contributed by atoms with Crippen molar-refractivity contribution in [1.29, 1.82) is 0 Å². The number of fused-ring (bicyclic) bond motifs is 1. The molecule has 0 saturated carbocycles. The molecule has 0 aromatic heterocycles. The molecule has 2 aromatic rings. The van der Waals surface area contributed by atoms with Crippen molar-refractivity contribution in [2.45, 2.75) is 0 Å². The highest BCUT2D eigenvalue weighted by molar-refractivity contribution is 6.10. The molecule has 0 aliphatic carbocycles. The van der Waals surface area contributed by atoms with Gasteiger partial charge in [-0.2, -0.15) is 0 Å². The lowest BCUT2D eigenvalue weighted by Crippen LogP contribution is -1.98. The predicted octanol–water partition coefficient (Wildman–Crippen LogP) is 1.36. The smallest absolute Gasteiger partial charge is 0.340 e. The Bertz CT molecular complexity index is 632. The van der Waals surface area contributed by atoms with Crippen LogP contribution in [0.25, 0.3) is 10.8 Å². The van der Waals surface area contributed by atoms with E-state index in [0.717, 1.165) is 6.07 Å². The first kappa shape index (κ1) is 10.9. The third kappa shape index (κ3) is 1.46. The third-order valence-corrected chi connectivity index (χ3v) is 2.43. The number of rotatable bonds is 1. The minimum Gasteiger partial charge on any atom is -0.508 e. The van der Waals surface area contributed by atoms with Crippen LogP contribution in [-0.2, 0) is 0 Å². The van der Waals surface area contributed by atoms with Crippen LogP contribution in [0.2, 0.25) is 0 Å². The van der Waals surface area contributed by atoms with Gasteiger partial charge in [-0.25, -0.2) is 4.79 Å². The number of hydrogen-bond donors (Lipinski definition) is 5. The van der Waals surface area contributed by atoms with Gasteiger partial charge in [-0.05, 0) is 18.2 Å². The van der Waals surface area contributed by atoms with Gasteiger partial charge in [0.2, 0.25) is 5.75 Å². The molecule has 0 fully saturated rings. The summed E-state index contributed by atoms with van der Waals surface area (Å²) in [6.07, 6.45) is 0. The fourth-order valence-electron chi connectivity index (χ4n) is 1.65. The van der Waals surface area contributed by atoms with Crippen molar-refractivity contribution in [2.24, 2.45) is 0 Å². The molecule has 5 N–H and O–H groups in total. The van der Waals surface area contributed by atoms with Crippen molar-refractivity contribution in [3.63, 3.8) is 0 Å². The van der Waals surface area contributed by atoms with E-state index in [2.05, 4.69) is 0 Å². The molecule has 0 amide bonds. The average molecular weight is 236 g/mol. The van der Waals surface area contributed by atoms with Gasteiger partial charge in [0.05, 0.1) is 0 Å². The molecular weight excluding hydrogens is 228 g/mol. The van der Waals surface area contributed by atoms with Gasteiger partial charge in [0, 0.05) is 10.8 Å². The van der Waals surface area contributed by atoms with Gasteiger partial charge >= 0.3 is 5.97 Å². The monoisotopic (exact) mass is 236 g/mol. The number of phenols is 4. The third-order valence-electron chi connectivity index (χ3n) is 2.43. The molecule has 6 heteroatoms. The molecule has 0 unspecified atom stereocenters. The van der Waals surface area contributed by atoms with Gasteiger partial charge < -0.3 is 25.5 Å². The topological polar surface area (TPSA) is 118 Å². The molecule has 0 spiro atoms. The van der Waals surface area contributed by atoms with Crippen LogP contribution in [0.15, 0.2) is 18.2 Å². The van der Waals surface area contributed by atoms with E-state index in [0.29, 0.717) is 0 Å². The highest BCUT2D eigenvalue weighted by Crippen LogP contribution is 2.45. The fraction of sp³-hybridized carbons (Fsp3) is 0. The van der Waals surface area contributed by atoms with Crippen LogP contribution in [0.5, 0.6) is 23.0 Å². The second-order valence-corrected chi connectivity index (χ2v) is 3.46. The second-order valence-electron chi connectivity index (χ2n) is 3.46. The van der Waals surface area contributed by atoms with Crippen molar-refractivity contribution in [3.8, 4) is 23.0 Å². The zero-order valence-electron chi connectivity index (χ0n) is 8.38. The number of carboxylic acid groups (broad SMARTS) is 1. The van der Waals surface area contributed by atoms with Crippen LogP contribution in [-0.4, -0.2) is 31.5 Å². The summed E-state index contributed by atoms with van der Waals surface area (Å²) in [5.74, 6) is -4.17. The summed E-state index contributed by atoms with van der Waals surface area (Å²) in [4.78, 5) is 11.0. The molecule has 88 valence electrons. The van der Waals surface area contributed by atoms with E-state index in [1.54, 1.807) is 0 Å². The highest BCUT2D eigenvalue weighted by Gasteiger charge is 2.22. The van der Waals surface area contributed by atoms with Gasteiger partial charge in [0.25, 0.3) is 0 Å². The normalized spacial score (nSPS) is 10.6. The molecule has 17 heavy (non-hydrogen) atoms. The van der Waals surface area contributed by atoms with E-state index < -0.39 is 28.8 Å². The van der Waals surface area contributed by atoms with E-state index >= 15 is 0 Å². The first-order chi connectivity index (χ1) is 7.93. The van der Waals surface area contributed by atoms with Crippen LogP contribution in [0.4, 0.5) is 0 Å². The zero-order valence-corrected chi connectivity index (χ0v) is 8.38. The van der Waals surface area contributed by atoms with Crippen LogP contribution in [0, 0.1) is 0 Å². The van der Waals surface area contributed by atoms with E-state index in [1.165, 1.54) is 12.1 Å². The lowest BCUT2D eigenvalue weighted by atomic mass is 10.0. The molecule has 0 radical (unpaired) electrons. The molecule has 6 nitrogen and oxygen atoms in total. The Balaban J connectivity index is 3.05. The van der Waals surface area contributed by atoms with Crippen LogP contribution in [0.1, 0.15) is 10.4 Å². The number of carboxylic acids is 1. The van der Waals surface area contributed by atoms with Gasteiger partial charge in [-0.15, -0.1) is 0 Å². The molecule has 2 rings (SSSR count). The van der Waals surface area contributed by atoms with E-state index in [9.17, 15) is 25.2 Å². The Morgan fingerprint density at radius 1 is 0.882 bits per heavy atom. The molecular formula is C11H8O6. The molecule has 0 bridgehead atoms. The van der Waals surface area contributed by atoms with E-state index in [-0.39, 0.29) is 16.5 Å². The van der Waals surface area contributed by atoms with Crippen molar-refractivity contribution in [3.05, 3.63) is 23.8 Å². The standard InChI is InChI=1S/C11H8O6/c12-4-1-2-5-6(3-4)7(11(16)17)9(14)10(15)8(5)13/h1-3,12-15H,(H,16,17). The highest BCUT2D eigenvalue weighted by atomic mass is 16.4. The number of hydrogen-bond acceptors (Lipinski definition) is 5. The molecule has 0 aliphatic rings. The van der Waals surface area contributed by atoms with E-state index in [1.807, 2.05) is 0 Å². The molecule has 0 heterocycles. The maximum Gasteiger partial charge on any atom is 0.340 e. The Hall–Kier alpha value is -2.63. The summed E-state index contributed by atoms with van der Waals surface area (Å²) in [6.45, 7) is 0. The minimum atomic E-state index is -1.48. The van der Waals surface area contributed by atoms with Crippen LogP contribution in [0.3, 0.4) is 0 Å². The fourth-order valence-corrected chi connectivity index (χ4v) is 1.65. The zero-order chi connectivity index (χ0) is 12.7. The summed E-state index contributed by atoms with van der Waals surface area (Å²) >= 11 is 0. The van der Waals surface area contributed by atoms with Gasteiger partial charge in [0.1, 0.15) is 11.3 Å². The Morgan fingerprint density at radius 3 is 2.12 bits per heavy atom. The summed E-state index contributed by atoms with van der Waals surface area (Å²) in [7, 11) is 0. The minimum absolute atomic E-state index is 0.0236. The van der Waals surface area contributed by atoms with Crippen LogP contribution < -0.4 is 0 Å². The number of carbonyl (C=O) groups is 1. The first-order valence-electron chi connectivity index (χ1n) is 4.56. The van der Waals surface area contributed by atoms with Crippen molar-refractivity contribution in [2.75, 3.05) is 0 Å². The molecule has 0 saturated heterocycles. The lowest BCUT2D eigenvalue weighted by molar-refractivity contribution is 0.0695. The van der Waals surface area contributed by atoms with Crippen molar-refractivity contribution >= 4 is 16.7 Å². The first-order valence-corrected chi connectivity index (χ1v) is 4.56. The Morgan fingerprint density at radius 2 is 1.53 bits per heavy atom. The number of benzene rings is 2. The average Bonchev–Trinajstić information content (AvgIpc) is 2.25. The maximum absolute atomic E-state index is 11.0. The van der Waals surface area contributed by atoms with Gasteiger partial charge in [-0.1, -0.05) is 0 Å². The van der Waals surface area contributed by atoms with Crippen molar-refractivity contribution in [1.82, 2.24) is 0 Å². The summed E-state index contributed by atoms with van der Waals surface area (Å²) in [5, 5.41) is 46.6. The lowest BCUT2D eigenvalue weighted by Gasteiger charge is -2.10. The SMILES string of the molecule is O=C(O)c1c(O)c(O)c(O)c2ccc(O)cc12. The van der Waals surface area contributed by atoms with E-state index in [4.69, 9.17) is 5.11 Å². The predicted molar refractivity (Wildman–Crippen MR) is 57.6 cm³/mol. The largest absolute Gasteiger partial charge is 0.508 e. The Labute approximate surface area is 94.6 Å².